The van der Waals surface area contributed by atoms with Gasteiger partial charge in [0, 0.05) is 6.04 Å². The third-order valence-corrected chi connectivity index (χ3v) is 7.19. The van der Waals surface area contributed by atoms with E-state index in [-0.39, 0.29) is 0 Å². The summed E-state index contributed by atoms with van der Waals surface area (Å²) in [5.41, 5.74) is 1.42. The van der Waals surface area contributed by atoms with Gasteiger partial charge in [-0.05, 0) is 50.1 Å². The van der Waals surface area contributed by atoms with Crippen LogP contribution in [-0.4, -0.2) is 12.6 Å². The maximum absolute atomic E-state index is 3.96. The van der Waals surface area contributed by atoms with Gasteiger partial charge in [0.1, 0.15) is 0 Å². The van der Waals surface area contributed by atoms with Crippen molar-refractivity contribution >= 4 is 0 Å². The SMILES string of the molecule is CCC1CCCCCCCCC(NCCCCCCCC2=C\C=C/C=C\C=C/C=C\C=C2)C1. The number of hydrogen-bond donors (Lipinski definition) is 1. The molecule has 1 fully saturated rings. The van der Waals surface area contributed by atoms with Gasteiger partial charge in [0.15, 0.2) is 0 Å². The minimum Gasteiger partial charge on any atom is -0.314 e. The zero-order valence-electron chi connectivity index (χ0n) is 21.5. The zero-order valence-corrected chi connectivity index (χ0v) is 21.5. The highest BCUT2D eigenvalue weighted by Crippen LogP contribution is 2.24. The lowest BCUT2D eigenvalue weighted by atomic mass is 9.90. The molecule has 33 heavy (non-hydrogen) atoms. The van der Waals surface area contributed by atoms with E-state index in [4.69, 9.17) is 0 Å². The van der Waals surface area contributed by atoms with E-state index >= 15 is 0 Å². The molecule has 0 aromatic rings. The Morgan fingerprint density at radius 1 is 0.667 bits per heavy atom. The minimum atomic E-state index is 0.764. The van der Waals surface area contributed by atoms with Crippen molar-refractivity contribution in [3.8, 4) is 0 Å². The molecule has 184 valence electrons. The van der Waals surface area contributed by atoms with Gasteiger partial charge in [-0.2, -0.15) is 0 Å². The second-order valence-corrected chi connectivity index (χ2v) is 10.0. The Balaban J connectivity index is 1.60. The van der Waals surface area contributed by atoms with Gasteiger partial charge >= 0.3 is 0 Å². The summed E-state index contributed by atoms with van der Waals surface area (Å²) in [6, 6.07) is 0.764. The summed E-state index contributed by atoms with van der Waals surface area (Å²) >= 11 is 0. The second kappa shape index (κ2) is 19.8. The predicted octanol–water partition coefficient (Wildman–Crippen LogP) is 9.56. The standard InChI is InChI=1S/C32H51N/c1-2-30-23-17-11-8-9-15-21-27-32(29-30)33-28-22-16-10-14-20-26-31-24-18-12-6-4-3-5-7-13-19-25-31/h3-7,12-13,18-19,24-25,30,32-33H,2,8-11,14-17,20-23,26-29H2,1H3/b4-3-,5-3?,6-4?,7-5-,12-6-,13-7?,18-12?,19-13-,24-18?,25-19?,31-24?,31-25?. The summed E-state index contributed by atoms with van der Waals surface area (Å²) in [6.45, 7) is 3.62. The van der Waals surface area contributed by atoms with Crippen LogP contribution in [0.15, 0.2) is 72.4 Å². The molecule has 1 saturated carbocycles. The number of rotatable bonds is 10. The Hall–Kier alpha value is -1.60. The van der Waals surface area contributed by atoms with Crippen LogP contribution < -0.4 is 5.32 Å². The van der Waals surface area contributed by atoms with Gasteiger partial charge in [0.2, 0.25) is 0 Å². The van der Waals surface area contributed by atoms with Crippen LogP contribution in [0.4, 0.5) is 0 Å². The average molecular weight is 450 g/mol. The molecule has 0 aromatic heterocycles. The largest absolute Gasteiger partial charge is 0.314 e. The van der Waals surface area contributed by atoms with Crippen LogP contribution in [0.5, 0.6) is 0 Å². The molecule has 0 aliphatic heterocycles. The molecule has 2 atom stereocenters. The molecule has 1 N–H and O–H groups in total. The predicted molar refractivity (Wildman–Crippen MR) is 149 cm³/mol. The second-order valence-electron chi connectivity index (χ2n) is 10.0. The van der Waals surface area contributed by atoms with E-state index in [9.17, 15) is 0 Å². The normalized spacial score (nSPS) is 26.8. The van der Waals surface area contributed by atoms with E-state index in [1.54, 1.807) is 0 Å². The molecule has 0 aromatic carbocycles. The fraction of sp³-hybridized carbons (Fsp3) is 0.625. The van der Waals surface area contributed by atoms with Gasteiger partial charge in [-0.25, -0.2) is 0 Å². The average Bonchev–Trinajstić information content (AvgIpc) is 2.87. The molecule has 2 unspecified atom stereocenters. The van der Waals surface area contributed by atoms with Gasteiger partial charge in [0.05, 0.1) is 0 Å². The highest BCUT2D eigenvalue weighted by atomic mass is 14.9. The number of hydrogen-bond acceptors (Lipinski definition) is 1. The number of unbranched alkanes of at least 4 members (excludes halogenated alkanes) is 4. The van der Waals surface area contributed by atoms with E-state index in [0.29, 0.717) is 0 Å². The van der Waals surface area contributed by atoms with Crippen LogP contribution in [0.1, 0.15) is 110 Å². The van der Waals surface area contributed by atoms with Crippen LogP contribution in [0, 0.1) is 5.92 Å². The van der Waals surface area contributed by atoms with Gasteiger partial charge < -0.3 is 5.32 Å². The van der Waals surface area contributed by atoms with E-state index in [1.165, 1.54) is 115 Å². The third-order valence-electron chi connectivity index (χ3n) is 7.19. The van der Waals surface area contributed by atoms with Crippen molar-refractivity contribution in [2.24, 2.45) is 5.92 Å². The molecule has 1 heteroatoms. The van der Waals surface area contributed by atoms with Crippen LogP contribution in [-0.2, 0) is 0 Å². The molecule has 0 amide bonds. The van der Waals surface area contributed by atoms with Gasteiger partial charge in [0.25, 0.3) is 0 Å². The van der Waals surface area contributed by atoms with Crippen LogP contribution in [0.25, 0.3) is 0 Å². The molecule has 0 saturated heterocycles. The molecule has 2 aliphatic carbocycles. The van der Waals surface area contributed by atoms with Crippen molar-refractivity contribution in [1.29, 1.82) is 0 Å². The molecule has 0 spiro atoms. The summed E-state index contributed by atoms with van der Waals surface area (Å²) in [4.78, 5) is 0. The van der Waals surface area contributed by atoms with Crippen molar-refractivity contribution in [2.45, 2.75) is 116 Å². The van der Waals surface area contributed by atoms with Gasteiger partial charge in [-0.15, -0.1) is 0 Å². The maximum Gasteiger partial charge on any atom is 0.00696 e. The van der Waals surface area contributed by atoms with Gasteiger partial charge in [-0.1, -0.05) is 144 Å². The topological polar surface area (TPSA) is 12.0 Å². The lowest BCUT2D eigenvalue weighted by Crippen LogP contribution is -2.32. The fourth-order valence-corrected chi connectivity index (χ4v) is 5.05. The zero-order chi connectivity index (χ0) is 23.2. The quantitative estimate of drug-likeness (QED) is 0.327. The van der Waals surface area contributed by atoms with E-state index in [0.717, 1.165) is 12.0 Å². The molecule has 0 heterocycles. The van der Waals surface area contributed by atoms with Crippen molar-refractivity contribution in [3.05, 3.63) is 72.4 Å². The Bertz CT molecular complexity index is 645. The molecular formula is C32H51N. The van der Waals surface area contributed by atoms with E-state index < -0.39 is 0 Å². The van der Waals surface area contributed by atoms with E-state index in [1.807, 2.05) is 0 Å². The molecule has 2 aliphatic rings. The first-order valence-electron chi connectivity index (χ1n) is 14.2. The summed E-state index contributed by atoms with van der Waals surface area (Å²) in [5, 5.41) is 3.96. The number of nitrogens with one attached hydrogen (secondary N) is 1. The van der Waals surface area contributed by atoms with Crippen molar-refractivity contribution in [1.82, 2.24) is 5.32 Å². The highest BCUT2D eigenvalue weighted by molar-refractivity contribution is 5.29. The van der Waals surface area contributed by atoms with Crippen molar-refractivity contribution in [3.63, 3.8) is 0 Å². The first kappa shape index (κ1) is 27.6. The minimum absolute atomic E-state index is 0.764. The highest BCUT2D eigenvalue weighted by Gasteiger charge is 2.15. The summed E-state index contributed by atoms with van der Waals surface area (Å²) < 4.78 is 0. The van der Waals surface area contributed by atoms with Crippen LogP contribution >= 0.6 is 0 Å². The van der Waals surface area contributed by atoms with E-state index in [2.05, 4.69) is 79.1 Å². The first-order valence-corrected chi connectivity index (χ1v) is 14.2. The fourth-order valence-electron chi connectivity index (χ4n) is 5.05. The molecule has 0 bridgehead atoms. The monoisotopic (exact) mass is 449 g/mol. The Labute approximate surface area is 205 Å². The summed E-state index contributed by atoms with van der Waals surface area (Å²) in [6.07, 6.45) is 45.6. The lowest BCUT2D eigenvalue weighted by molar-refractivity contribution is 0.333. The maximum atomic E-state index is 3.96. The Morgan fingerprint density at radius 3 is 2.03 bits per heavy atom. The summed E-state index contributed by atoms with van der Waals surface area (Å²) in [7, 11) is 0. The summed E-state index contributed by atoms with van der Waals surface area (Å²) in [5.74, 6) is 0.942. The Morgan fingerprint density at radius 2 is 1.27 bits per heavy atom. The van der Waals surface area contributed by atoms with Crippen molar-refractivity contribution in [2.75, 3.05) is 6.54 Å². The molecule has 2 rings (SSSR count). The first-order chi connectivity index (χ1) is 16.4. The molecule has 1 nitrogen and oxygen atoms in total. The molecular weight excluding hydrogens is 398 g/mol. The molecule has 0 radical (unpaired) electrons. The lowest BCUT2D eigenvalue weighted by Gasteiger charge is -2.24. The van der Waals surface area contributed by atoms with Crippen LogP contribution in [0.3, 0.4) is 0 Å². The number of allylic oxidation sites excluding steroid dienone is 12. The smallest absolute Gasteiger partial charge is 0.00696 e. The van der Waals surface area contributed by atoms with Crippen molar-refractivity contribution < 1.29 is 0 Å². The van der Waals surface area contributed by atoms with Gasteiger partial charge in [-0.3, -0.25) is 0 Å². The third kappa shape index (κ3) is 15.0. The Kier molecular flexibility index (Phi) is 16.6. The van der Waals surface area contributed by atoms with Crippen LogP contribution in [0.2, 0.25) is 0 Å².